The van der Waals surface area contributed by atoms with E-state index >= 15 is 0 Å². The minimum absolute atomic E-state index is 0.102. The Morgan fingerprint density at radius 2 is 1.89 bits per heavy atom. The number of aryl methyl sites for hydroxylation is 1. The summed E-state index contributed by atoms with van der Waals surface area (Å²) in [4.78, 5) is 23.5. The minimum atomic E-state index is -0.497. The van der Waals surface area contributed by atoms with Gasteiger partial charge in [-0.05, 0) is 35.2 Å². The maximum atomic E-state index is 12.9. The zero-order valence-corrected chi connectivity index (χ0v) is 15.8. The first-order valence-corrected chi connectivity index (χ1v) is 9.03. The van der Waals surface area contributed by atoms with Crippen molar-refractivity contribution in [1.29, 1.82) is 0 Å². The van der Waals surface area contributed by atoms with Crippen LogP contribution in [0.5, 0.6) is 0 Å². The molecule has 0 aliphatic heterocycles. The molecule has 0 spiro atoms. The molecule has 3 aromatic rings. The van der Waals surface area contributed by atoms with E-state index in [4.69, 9.17) is 4.74 Å². The largest absolute Gasteiger partial charge is 0.385 e. The molecule has 0 heterocycles. The van der Waals surface area contributed by atoms with Crippen LogP contribution >= 0.6 is 0 Å². The normalized spacial score (nSPS) is 11.9. The second kappa shape index (κ2) is 8.63. The highest BCUT2D eigenvalue weighted by atomic mass is 16.6. The van der Waals surface area contributed by atoms with E-state index in [9.17, 15) is 14.9 Å². The average Bonchev–Trinajstić information content (AvgIpc) is 2.70. The lowest BCUT2D eigenvalue weighted by molar-refractivity contribution is -0.384. The first kappa shape index (κ1) is 19.5. The first-order valence-electron chi connectivity index (χ1n) is 9.03. The van der Waals surface area contributed by atoms with E-state index in [1.807, 2.05) is 42.5 Å². The third-order valence-corrected chi connectivity index (χ3v) is 4.79. The highest BCUT2D eigenvalue weighted by Gasteiger charge is 2.20. The Labute approximate surface area is 163 Å². The van der Waals surface area contributed by atoms with Gasteiger partial charge in [0.1, 0.15) is 0 Å². The number of nitro groups is 1. The molecule has 1 amide bonds. The summed E-state index contributed by atoms with van der Waals surface area (Å²) in [5, 5.41) is 16.3. The molecule has 6 nitrogen and oxygen atoms in total. The van der Waals surface area contributed by atoms with Gasteiger partial charge in [-0.2, -0.15) is 0 Å². The smallest absolute Gasteiger partial charge is 0.270 e. The Bertz CT molecular complexity index is 1010. The Morgan fingerprint density at radius 1 is 1.14 bits per heavy atom. The number of benzene rings is 3. The number of amides is 1. The maximum absolute atomic E-state index is 12.9. The van der Waals surface area contributed by atoms with E-state index in [0.717, 1.165) is 16.3 Å². The molecule has 28 heavy (non-hydrogen) atoms. The van der Waals surface area contributed by atoms with Crippen LogP contribution in [0.2, 0.25) is 0 Å². The highest BCUT2D eigenvalue weighted by Crippen LogP contribution is 2.27. The molecule has 0 bridgehead atoms. The van der Waals surface area contributed by atoms with E-state index in [0.29, 0.717) is 24.2 Å². The number of hydrogen-bond acceptors (Lipinski definition) is 4. The van der Waals surface area contributed by atoms with E-state index in [-0.39, 0.29) is 17.6 Å². The van der Waals surface area contributed by atoms with Crippen molar-refractivity contribution in [3.8, 4) is 0 Å². The second-order valence-electron chi connectivity index (χ2n) is 6.63. The van der Waals surface area contributed by atoms with Gasteiger partial charge >= 0.3 is 0 Å². The number of nitrogens with zero attached hydrogens (tertiary/aromatic N) is 1. The predicted molar refractivity (Wildman–Crippen MR) is 108 cm³/mol. The topological polar surface area (TPSA) is 81.5 Å². The summed E-state index contributed by atoms with van der Waals surface area (Å²) in [5.41, 5.74) is 1.88. The summed E-state index contributed by atoms with van der Waals surface area (Å²) in [6.45, 7) is 2.24. The van der Waals surface area contributed by atoms with E-state index in [2.05, 4.69) is 5.32 Å². The Morgan fingerprint density at radius 3 is 2.64 bits per heavy atom. The molecule has 0 aromatic heterocycles. The zero-order valence-electron chi connectivity index (χ0n) is 15.8. The number of rotatable bonds is 7. The number of methoxy groups -OCH3 is 1. The molecule has 1 N–H and O–H groups in total. The zero-order chi connectivity index (χ0) is 20.1. The summed E-state index contributed by atoms with van der Waals surface area (Å²) in [5.74, 6) is -0.338. The van der Waals surface area contributed by atoms with Gasteiger partial charge in [0, 0.05) is 31.4 Å². The third kappa shape index (κ3) is 4.18. The van der Waals surface area contributed by atoms with Crippen molar-refractivity contribution in [3.63, 3.8) is 0 Å². The van der Waals surface area contributed by atoms with E-state index < -0.39 is 4.92 Å². The predicted octanol–water partition coefficient (Wildman–Crippen LogP) is 4.56. The van der Waals surface area contributed by atoms with Crippen LogP contribution in [0.15, 0.2) is 60.7 Å². The Balaban J connectivity index is 1.96. The highest BCUT2D eigenvalue weighted by molar-refractivity contribution is 5.97. The molecule has 144 valence electrons. The van der Waals surface area contributed by atoms with Crippen LogP contribution in [0.4, 0.5) is 5.69 Å². The number of fused-ring (bicyclic) bond motifs is 1. The Kier molecular flexibility index (Phi) is 6.01. The number of carbonyl (C=O) groups is 1. The van der Waals surface area contributed by atoms with Crippen molar-refractivity contribution < 1.29 is 14.5 Å². The monoisotopic (exact) mass is 378 g/mol. The van der Waals surface area contributed by atoms with Gasteiger partial charge in [0.05, 0.1) is 11.0 Å². The molecule has 0 aliphatic rings. The van der Waals surface area contributed by atoms with Crippen molar-refractivity contribution in [1.82, 2.24) is 5.32 Å². The van der Waals surface area contributed by atoms with Gasteiger partial charge in [-0.3, -0.25) is 14.9 Å². The van der Waals surface area contributed by atoms with Gasteiger partial charge in [-0.25, -0.2) is 0 Å². The number of non-ortho nitro benzene ring substituents is 1. The van der Waals surface area contributed by atoms with E-state index in [1.165, 1.54) is 12.1 Å². The van der Waals surface area contributed by atoms with Gasteiger partial charge in [0.15, 0.2) is 0 Å². The molecule has 1 atom stereocenters. The van der Waals surface area contributed by atoms with Crippen molar-refractivity contribution in [2.75, 3.05) is 13.7 Å². The lowest BCUT2D eigenvalue weighted by Gasteiger charge is -2.21. The minimum Gasteiger partial charge on any atom is -0.385 e. The first-order chi connectivity index (χ1) is 13.5. The van der Waals surface area contributed by atoms with Gasteiger partial charge in [0.25, 0.3) is 11.6 Å². The summed E-state index contributed by atoms with van der Waals surface area (Å²) in [6, 6.07) is 18.0. The van der Waals surface area contributed by atoms with Gasteiger partial charge in [-0.1, -0.05) is 48.5 Å². The summed E-state index contributed by atoms with van der Waals surface area (Å²) in [6.07, 6.45) is 0.588. The standard InChI is InChI=1S/C22H22N2O4/c1-15-10-11-17(24(26)27)14-20(15)22(25)23-21(12-13-28-2)19-9-5-7-16-6-3-4-8-18(16)19/h3-11,14,21H,12-13H2,1-2H3,(H,23,25). The molecule has 0 saturated heterocycles. The second-order valence-corrected chi connectivity index (χ2v) is 6.63. The van der Waals surface area contributed by atoms with Crippen LogP contribution in [-0.4, -0.2) is 24.5 Å². The van der Waals surface area contributed by atoms with Crippen molar-refractivity contribution in [2.24, 2.45) is 0 Å². The fourth-order valence-corrected chi connectivity index (χ4v) is 3.30. The van der Waals surface area contributed by atoms with E-state index in [1.54, 1.807) is 20.1 Å². The lowest BCUT2D eigenvalue weighted by atomic mass is 9.96. The molecular formula is C22H22N2O4. The number of carbonyl (C=O) groups excluding carboxylic acids is 1. The fraction of sp³-hybridized carbons (Fsp3) is 0.227. The van der Waals surface area contributed by atoms with Crippen LogP contribution in [0, 0.1) is 17.0 Å². The molecule has 0 saturated carbocycles. The number of ether oxygens (including phenoxy) is 1. The molecule has 3 aromatic carbocycles. The van der Waals surface area contributed by atoms with Gasteiger partial charge < -0.3 is 10.1 Å². The van der Waals surface area contributed by atoms with Crippen LogP contribution in [0.25, 0.3) is 10.8 Å². The van der Waals surface area contributed by atoms with Crippen molar-refractivity contribution >= 4 is 22.4 Å². The third-order valence-electron chi connectivity index (χ3n) is 4.79. The van der Waals surface area contributed by atoms with Crippen LogP contribution < -0.4 is 5.32 Å². The maximum Gasteiger partial charge on any atom is 0.270 e. The molecule has 0 aliphatic carbocycles. The van der Waals surface area contributed by atoms with Crippen LogP contribution in [0.3, 0.4) is 0 Å². The molecule has 3 rings (SSSR count). The summed E-state index contributed by atoms with van der Waals surface area (Å²) < 4.78 is 5.23. The number of nitro benzene ring substituents is 1. The molecule has 0 radical (unpaired) electrons. The fourth-order valence-electron chi connectivity index (χ4n) is 3.30. The van der Waals surface area contributed by atoms with Gasteiger partial charge in [0.2, 0.25) is 0 Å². The van der Waals surface area contributed by atoms with Crippen LogP contribution in [0.1, 0.15) is 33.9 Å². The van der Waals surface area contributed by atoms with Crippen molar-refractivity contribution in [2.45, 2.75) is 19.4 Å². The Hall–Kier alpha value is -3.25. The quantitative estimate of drug-likeness (QED) is 0.482. The summed E-state index contributed by atoms with van der Waals surface area (Å²) >= 11 is 0. The van der Waals surface area contributed by atoms with Crippen molar-refractivity contribution in [3.05, 3.63) is 87.5 Å². The SMILES string of the molecule is COCCC(NC(=O)c1cc([N+](=O)[O-])ccc1C)c1cccc2ccccc12. The molecule has 1 unspecified atom stereocenters. The summed E-state index contributed by atoms with van der Waals surface area (Å²) in [7, 11) is 1.62. The van der Waals surface area contributed by atoms with Gasteiger partial charge in [-0.15, -0.1) is 0 Å². The lowest BCUT2D eigenvalue weighted by Crippen LogP contribution is -2.30. The molecule has 0 fully saturated rings. The number of nitrogens with one attached hydrogen (secondary N) is 1. The molecular weight excluding hydrogens is 356 g/mol. The molecule has 6 heteroatoms. The number of hydrogen-bond donors (Lipinski definition) is 1. The average molecular weight is 378 g/mol. The van der Waals surface area contributed by atoms with Crippen LogP contribution in [-0.2, 0) is 4.74 Å².